The highest BCUT2D eigenvalue weighted by atomic mass is 19.1. The molecule has 19 heavy (non-hydrogen) atoms. The number of halogens is 1. The van der Waals surface area contributed by atoms with Gasteiger partial charge in [0.1, 0.15) is 5.82 Å². The third-order valence-electron chi connectivity index (χ3n) is 3.98. The first-order valence-electron chi connectivity index (χ1n) is 7.21. The first-order valence-corrected chi connectivity index (χ1v) is 7.21. The topological polar surface area (TPSA) is 20.3 Å². The molecule has 0 saturated heterocycles. The smallest absolute Gasteiger partial charge is 0.151 e. The van der Waals surface area contributed by atoms with Crippen LogP contribution in [0.5, 0.6) is 0 Å². The van der Waals surface area contributed by atoms with Gasteiger partial charge in [0, 0.05) is 19.0 Å². The number of nitrogens with zero attached hydrogens (tertiary/aromatic N) is 1. The van der Waals surface area contributed by atoms with Crippen LogP contribution >= 0.6 is 0 Å². The summed E-state index contributed by atoms with van der Waals surface area (Å²) in [6, 6.07) is 7.19. The molecule has 0 unspecified atom stereocenters. The van der Waals surface area contributed by atoms with Gasteiger partial charge in [-0.05, 0) is 43.2 Å². The average molecular weight is 261 g/mol. The van der Waals surface area contributed by atoms with Crippen molar-refractivity contribution in [3.05, 3.63) is 35.6 Å². The highest BCUT2D eigenvalue weighted by Gasteiger charge is 2.34. The largest absolute Gasteiger partial charge is 0.298 e. The summed E-state index contributed by atoms with van der Waals surface area (Å²) in [5, 5.41) is 0. The van der Waals surface area contributed by atoms with Crippen LogP contribution in [0.4, 0.5) is 4.39 Å². The molecule has 2 nitrogen and oxygen atoms in total. The molecule has 0 spiro atoms. The fourth-order valence-corrected chi connectivity index (χ4v) is 2.55. The van der Waals surface area contributed by atoms with E-state index in [-0.39, 0.29) is 18.0 Å². The molecule has 2 aliphatic carbocycles. The maximum atomic E-state index is 13.5. The van der Waals surface area contributed by atoms with Gasteiger partial charge in [-0.25, -0.2) is 4.39 Å². The van der Waals surface area contributed by atoms with Crippen molar-refractivity contribution in [3.63, 3.8) is 0 Å². The Morgan fingerprint density at radius 3 is 2.58 bits per heavy atom. The number of carbonyl (C=O) groups is 1. The first-order chi connectivity index (χ1) is 9.22. The number of hydrogen-bond acceptors (Lipinski definition) is 2. The van der Waals surface area contributed by atoms with Crippen LogP contribution in [0, 0.1) is 11.7 Å². The highest BCUT2D eigenvalue weighted by molar-refractivity contribution is 5.82. The van der Waals surface area contributed by atoms with E-state index in [9.17, 15) is 9.18 Å². The predicted molar refractivity (Wildman–Crippen MR) is 72.4 cm³/mol. The Labute approximate surface area is 113 Å². The van der Waals surface area contributed by atoms with Crippen molar-refractivity contribution in [3.8, 4) is 0 Å². The summed E-state index contributed by atoms with van der Waals surface area (Å²) in [5.41, 5.74) is 0.523. The van der Waals surface area contributed by atoms with Gasteiger partial charge in [0.15, 0.2) is 5.78 Å². The fraction of sp³-hybridized carbons (Fsp3) is 0.562. The van der Waals surface area contributed by atoms with Crippen LogP contribution in [0.3, 0.4) is 0 Å². The lowest BCUT2D eigenvalue weighted by Gasteiger charge is -2.20. The monoisotopic (exact) mass is 261 g/mol. The van der Waals surface area contributed by atoms with Crippen LogP contribution < -0.4 is 0 Å². The minimum Gasteiger partial charge on any atom is -0.298 e. The minimum absolute atomic E-state index is 0.137. The highest BCUT2D eigenvalue weighted by Crippen LogP contribution is 2.34. The van der Waals surface area contributed by atoms with Crippen LogP contribution in [-0.4, -0.2) is 29.8 Å². The normalized spacial score (nSPS) is 18.8. The molecule has 2 fully saturated rings. The summed E-state index contributed by atoms with van der Waals surface area (Å²) in [6.07, 6.45) is 5.29. The van der Waals surface area contributed by atoms with E-state index < -0.39 is 0 Å². The molecule has 102 valence electrons. The zero-order valence-corrected chi connectivity index (χ0v) is 11.1. The molecule has 0 heterocycles. The number of Topliss-reactive ketones (excluding diaryl/α,β-unsaturated/α-hetero) is 1. The zero-order valence-electron chi connectivity index (χ0n) is 11.1. The SMILES string of the molecule is O=C(Cc1ccccc1F)CN(CC1CC1)C1CC1. The van der Waals surface area contributed by atoms with Crippen LogP contribution in [0.2, 0.25) is 0 Å². The van der Waals surface area contributed by atoms with Gasteiger partial charge >= 0.3 is 0 Å². The van der Waals surface area contributed by atoms with Gasteiger partial charge in [-0.1, -0.05) is 18.2 Å². The van der Waals surface area contributed by atoms with Gasteiger partial charge in [-0.2, -0.15) is 0 Å². The zero-order chi connectivity index (χ0) is 13.2. The second kappa shape index (κ2) is 5.41. The molecular weight excluding hydrogens is 241 g/mol. The molecule has 1 aromatic rings. The summed E-state index contributed by atoms with van der Waals surface area (Å²) >= 11 is 0. The van der Waals surface area contributed by atoms with Gasteiger partial charge < -0.3 is 0 Å². The van der Waals surface area contributed by atoms with Gasteiger partial charge in [0.2, 0.25) is 0 Å². The molecule has 0 radical (unpaired) electrons. The summed E-state index contributed by atoms with van der Waals surface area (Å²) in [4.78, 5) is 14.4. The molecule has 2 aliphatic rings. The molecule has 2 saturated carbocycles. The summed E-state index contributed by atoms with van der Waals surface area (Å²) in [5.74, 6) is 0.676. The first kappa shape index (κ1) is 12.8. The van der Waals surface area contributed by atoms with E-state index >= 15 is 0 Å². The fourth-order valence-electron chi connectivity index (χ4n) is 2.55. The van der Waals surface area contributed by atoms with E-state index in [2.05, 4.69) is 4.90 Å². The minimum atomic E-state index is -0.268. The van der Waals surface area contributed by atoms with E-state index in [1.54, 1.807) is 18.2 Å². The van der Waals surface area contributed by atoms with E-state index in [1.165, 1.54) is 31.7 Å². The maximum absolute atomic E-state index is 13.5. The van der Waals surface area contributed by atoms with Crippen molar-refractivity contribution in [2.45, 2.75) is 38.1 Å². The second-order valence-electron chi connectivity index (χ2n) is 5.91. The van der Waals surface area contributed by atoms with Crippen molar-refractivity contribution < 1.29 is 9.18 Å². The van der Waals surface area contributed by atoms with E-state index in [0.717, 1.165) is 12.5 Å². The van der Waals surface area contributed by atoms with Gasteiger partial charge in [0.25, 0.3) is 0 Å². The van der Waals surface area contributed by atoms with Gasteiger partial charge in [-0.3, -0.25) is 9.69 Å². The molecule has 3 rings (SSSR count). The van der Waals surface area contributed by atoms with Crippen LogP contribution in [0.15, 0.2) is 24.3 Å². The molecular formula is C16H20FNO. The second-order valence-corrected chi connectivity index (χ2v) is 5.91. The van der Waals surface area contributed by atoms with Crippen molar-refractivity contribution in [2.24, 2.45) is 5.92 Å². The Balaban J connectivity index is 1.55. The van der Waals surface area contributed by atoms with Crippen molar-refractivity contribution in [1.82, 2.24) is 4.90 Å². The molecule has 0 N–H and O–H groups in total. The lowest BCUT2D eigenvalue weighted by Crippen LogP contribution is -2.34. The molecule has 0 aromatic heterocycles. The van der Waals surface area contributed by atoms with Gasteiger partial charge in [0.05, 0.1) is 6.54 Å². The molecule has 1 aromatic carbocycles. The summed E-state index contributed by atoms with van der Waals surface area (Å²) < 4.78 is 13.5. The van der Waals surface area contributed by atoms with Crippen LogP contribution in [0.1, 0.15) is 31.2 Å². The quantitative estimate of drug-likeness (QED) is 0.752. The predicted octanol–water partition coefficient (Wildman–Crippen LogP) is 2.81. The molecule has 3 heteroatoms. The summed E-state index contributed by atoms with van der Waals surface area (Å²) in [6.45, 7) is 1.56. The number of carbonyl (C=O) groups excluding carboxylic acids is 1. The lowest BCUT2D eigenvalue weighted by atomic mass is 10.1. The van der Waals surface area contributed by atoms with Gasteiger partial charge in [-0.15, -0.1) is 0 Å². The third-order valence-corrected chi connectivity index (χ3v) is 3.98. The Morgan fingerprint density at radius 2 is 1.95 bits per heavy atom. The van der Waals surface area contributed by atoms with Crippen molar-refractivity contribution >= 4 is 5.78 Å². The number of benzene rings is 1. The van der Waals surface area contributed by atoms with E-state index in [1.807, 2.05) is 0 Å². The number of ketones is 1. The molecule has 0 bridgehead atoms. The number of rotatable bonds is 7. The van der Waals surface area contributed by atoms with Crippen molar-refractivity contribution in [1.29, 1.82) is 0 Å². The Morgan fingerprint density at radius 1 is 1.21 bits per heavy atom. The Bertz CT molecular complexity index is 466. The molecule has 0 atom stereocenters. The van der Waals surface area contributed by atoms with Crippen molar-refractivity contribution in [2.75, 3.05) is 13.1 Å². The Kier molecular flexibility index (Phi) is 3.65. The van der Waals surface area contributed by atoms with E-state index in [0.29, 0.717) is 18.2 Å². The molecule has 0 aliphatic heterocycles. The molecule has 0 amide bonds. The van der Waals surface area contributed by atoms with E-state index in [4.69, 9.17) is 0 Å². The number of hydrogen-bond donors (Lipinski definition) is 0. The maximum Gasteiger partial charge on any atom is 0.151 e. The summed E-state index contributed by atoms with van der Waals surface area (Å²) in [7, 11) is 0. The lowest BCUT2D eigenvalue weighted by molar-refractivity contribution is -0.119. The third kappa shape index (κ3) is 3.63. The van der Waals surface area contributed by atoms with Crippen LogP contribution in [-0.2, 0) is 11.2 Å². The van der Waals surface area contributed by atoms with Crippen LogP contribution in [0.25, 0.3) is 0 Å². The standard InChI is InChI=1S/C16H20FNO/c17-16-4-2-1-3-13(16)9-15(19)11-18(14-7-8-14)10-12-5-6-12/h1-4,12,14H,5-11H2. The Hall–Kier alpha value is -1.22. The average Bonchev–Trinajstić information content (AvgIpc) is 3.25.